The van der Waals surface area contributed by atoms with Crippen molar-refractivity contribution >= 4 is 11.8 Å². The highest BCUT2D eigenvalue weighted by Crippen LogP contribution is 2.26. The molecule has 1 atom stereocenters. The number of phenolic OH excluding ortho intramolecular Hbond substituents is 1. The van der Waals surface area contributed by atoms with Crippen LogP contribution in [0.15, 0.2) is 36.7 Å². The summed E-state index contributed by atoms with van der Waals surface area (Å²) in [5.41, 5.74) is 0.355. The van der Waals surface area contributed by atoms with Gasteiger partial charge in [0, 0.05) is 18.5 Å². The second-order valence-corrected chi connectivity index (χ2v) is 4.48. The first-order chi connectivity index (χ1) is 9.63. The molecular weight excluding hydrogens is 265 g/mol. The van der Waals surface area contributed by atoms with E-state index in [1.807, 2.05) is 0 Å². The van der Waals surface area contributed by atoms with Gasteiger partial charge in [0.15, 0.2) is 11.6 Å². The van der Waals surface area contributed by atoms with Crippen molar-refractivity contribution in [2.24, 2.45) is 0 Å². The second-order valence-electron chi connectivity index (χ2n) is 4.48. The summed E-state index contributed by atoms with van der Waals surface area (Å²) in [5, 5.41) is 13.2. The fourth-order valence-corrected chi connectivity index (χ4v) is 2.11. The number of nitrogens with zero attached hydrogens (tertiary/aromatic N) is 3. The quantitative estimate of drug-likeness (QED) is 0.928. The lowest BCUT2D eigenvalue weighted by atomic mass is 10.2. The Morgan fingerprint density at radius 2 is 2.35 bits per heavy atom. The third-order valence-corrected chi connectivity index (χ3v) is 3.07. The van der Waals surface area contributed by atoms with E-state index in [0.29, 0.717) is 18.8 Å². The van der Waals surface area contributed by atoms with Crippen LogP contribution < -0.4 is 4.90 Å². The maximum atomic E-state index is 13.3. The minimum atomic E-state index is -0.772. The summed E-state index contributed by atoms with van der Waals surface area (Å²) in [4.78, 5) is 13.1. The molecule has 1 aromatic carbocycles. The Morgan fingerprint density at radius 3 is 3.05 bits per heavy atom. The lowest BCUT2D eigenvalue weighted by Gasteiger charge is -2.13. The van der Waals surface area contributed by atoms with Crippen LogP contribution in [0.25, 0.3) is 0 Å². The van der Waals surface area contributed by atoms with E-state index in [-0.39, 0.29) is 6.10 Å². The van der Waals surface area contributed by atoms with E-state index in [1.54, 1.807) is 23.1 Å². The van der Waals surface area contributed by atoms with Crippen molar-refractivity contribution in [1.82, 2.24) is 9.78 Å². The molecule has 7 heteroatoms. The predicted molar refractivity (Wildman–Crippen MR) is 67.9 cm³/mol. The van der Waals surface area contributed by atoms with Gasteiger partial charge in [-0.3, -0.25) is 9.58 Å². The molecule has 20 heavy (non-hydrogen) atoms. The summed E-state index contributed by atoms with van der Waals surface area (Å²) < 4.78 is 20.2. The normalized spacial score (nSPS) is 18.4. The molecule has 1 aromatic heterocycles. The van der Waals surface area contributed by atoms with Crippen LogP contribution in [-0.4, -0.2) is 33.6 Å². The minimum Gasteiger partial charge on any atom is -0.505 e. The Morgan fingerprint density at radius 1 is 1.50 bits per heavy atom. The Balaban J connectivity index is 1.75. The number of aromatic nitrogens is 2. The summed E-state index contributed by atoms with van der Waals surface area (Å²) >= 11 is 0. The Hall–Kier alpha value is -2.57. The zero-order valence-corrected chi connectivity index (χ0v) is 10.4. The predicted octanol–water partition coefficient (Wildman–Crippen LogP) is 1.75. The molecule has 1 N–H and O–H groups in total. The number of phenols is 1. The van der Waals surface area contributed by atoms with Gasteiger partial charge in [-0.05, 0) is 18.2 Å². The summed E-state index contributed by atoms with van der Waals surface area (Å²) in [5.74, 6) is -1.22. The minimum absolute atomic E-state index is 0.308. The van der Waals surface area contributed by atoms with E-state index in [4.69, 9.17) is 9.84 Å². The van der Waals surface area contributed by atoms with Crippen LogP contribution in [0.4, 0.5) is 14.9 Å². The molecular formula is C13H12FN3O3. The van der Waals surface area contributed by atoms with Crippen LogP contribution in [0.3, 0.4) is 0 Å². The number of amides is 1. The number of ether oxygens (including phenoxy) is 1. The molecule has 0 unspecified atom stereocenters. The molecule has 1 amide bonds. The summed E-state index contributed by atoms with van der Waals surface area (Å²) in [7, 11) is 0. The smallest absolute Gasteiger partial charge is 0.414 e. The van der Waals surface area contributed by atoms with Crippen LogP contribution >= 0.6 is 0 Å². The molecule has 6 nitrogen and oxygen atoms in total. The highest BCUT2D eigenvalue weighted by Gasteiger charge is 2.33. The van der Waals surface area contributed by atoms with Crippen molar-refractivity contribution in [2.45, 2.75) is 12.6 Å². The maximum absolute atomic E-state index is 13.3. The van der Waals surface area contributed by atoms with E-state index in [9.17, 15) is 9.18 Å². The molecule has 1 aliphatic heterocycles. The van der Waals surface area contributed by atoms with Gasteiger partial charge in [0.05, 0.1) is 18.8 Å². The van der Waals surface area contributed by atoms with E-state index >= 15 is 0 Å². The molecule has 1 saturated heterocycles. The lowest BCUT2D eigenvalue weighted by Crippen LogP contribution is -2.26. The zero-order chi connectivity index (χ0) is 14.1. The molecule has 0 spiro atoms. The number of aromatic hydroxyl groups is 1. The number of hydrogen-bond donors (Lipinski definition) is 1. The third-order valence-electron chi connectivity index (χ3n) is 3.07. The molecule has 0 aliphatic carbocycles. The number of halogens is 1. The van der Waals surface area contributed by atoms with E-state index in [1.165, 1.54) is 17.0 Å². The zero-order valence-electron chi connectivity index (χ0n) is 10.4. The number of hydrogen-bond acceptors (Lipinski definition) is 4. The first-order valence-electron chi connectivity index (χ1n) is 6.07. The second kappa shape index (κ2) is 4.84. The highest BCUT2D eigenvalue weighted by atomic mass is 19.1. The average molecular weight is 277 g/mol. The number of cyclic esters (lactones) is 1. The van der Waals surface area contributed by atoms with Crippen LogP contribution in [-0.2, 0) is 11.3 Å². The molecule has 1 fully saturated rings. The van der Waals surface area contributed by atoms with Crippen molar-refractivity contribution in [3.63, 3.8) is 0 Å². The monoisotopic (exact) mass is 277 g/mol. The van der Waals surface area contributed by atoms with Crippen molar-refractivity contribution in [1.29, 1.82) is 0 Å². The molecule has 0 bridgehead atoms. The van der Waals surface area contributed by atoms with Crippen molar-refractivity contribution in [3.8, 4) is 5.75 Å². The average Bonchev–Trinajstić information content (AvgIpc) is 3.03. The maximum Gasteiger partial charge on any atom is 0.414 e. The Labute approximate surface area is 114 Å². The van der Waals surface area contributed by atoms with Gasteiger partial charge in [0.25, 0.3) is 0 Å². The van der Waals surface area contributed by atoms with Crippen LogP contribution in [0.5, 0.6) is 5.75 Å². The van der Waals surface area contributed by atoms with Crippen molar-refractivity contribution in [3.05, 3.63) is 42.5 Å². The molecule has 104 valence electrons. The fraction of sp³-hybridized carbons (Fsp3) is 0.231. The topological polar surface area (TPSA) is 67.6 Å². The van der Waals surface area contributed by atoms with Gasteiger partial charge >= 0.3 is 6.09 Å². The molecule has 2 heterocycles. The van der Waals surface area contributed by atoms with Gasteiger partial charge in [-0.15, -0.1) is 0 Å². The summed E-state index contributed by atoms with van der Waals surface area (Å²) in [6.45, 7) is 0.749. The summed E-state index contributed by atoms with van der Waals surface area (Å²) in [6.07, 6.45) is 2.53. The van der Waals surface area contributed by atoms with Crippen LogP contribution in [0.2, 0.25) is 0 Å². The molecule has 3 rings (SSSR count). The molecule has 0 saturated carbocycles. The fourth-order valence-electron chi connectivity index (χ4n) is 2.11. The van der Waals surface area contributed by atoms with Gasteiger partial charge < -0.3 is 9.84 Å². The lowest BCUT2D eigenvalue weighted by molar-refractivity contribution is 0.129. The standard InChI is InChI=1S/C13H12FN3O3/c14-11-6-9(2-3-12(11)18)17-8-10(20-13(17)19)7-16-5-1-4-15-16/h1-6,10,18H,7-8H2/t10-/m0/s1. The van der Waals surface area contributed by atoms with Crippen LogP contribution in [0.1, 0.15) is 0 Å². The van der Waals surface area contributed by atoms with E-state index in [2.05, 4.69) is 5.10 Å². The number of rotatable bonds is 3. The Bertz CT molecular complexity index is 630. The largest absolute Gasteiger partial charge is 0.505 e. The van der Waals surface area contributed by atoms with Crippen molar-refractivity contribution in [2.75, 3.05) is 11.4 Å². The van der Waals surface area contributed by atoms with Gasteiger partial charge in [-0.1, -0.05) is 0 Å². The number of carbonyl (C=O) groups excluding carboxylic acids is 1. The first-order valence-corrected chi connectivity index (χ1v) is 6.07. The van der Waals surface area contributed by atoms with Gasteiger partial charge in [0.1, 0.15) is 6.10 Å². The molecule has 0 radical (unpaired) electrons. The summed E-state index contributed by atoms with van der Waals surface area (Å²) in [6, 6.07) is 5.56. The molecule has 2 aromatic rings. The number of carbonyl (C=O) groups is 1. The first kappa shape index (κ1) is 12.5. The van der Waals surface area contributed by atoms with Crippen molar-refractivity contribution < 1.29 is 19.0 Å². The van der Waals surface area contributed by atoms with Crippen LogP contribution in [0, 0.1) is 5.82 Å². The van der Waals surface area contributed by atoms with Gasteiger partial charge in [-0.25, -0.2) is 9.18 Å². The van der Waals surface area contributed by atoms with E-state index in [0.717, 1.165) is 6.07 Å². The van der Waals surface area contributed by atoms with Gasteiger partial charge in [0.2, 0.25) is 0 Å². The van der Waals surface area contributed by atoms with Gasteiger partial charge in [-0.2, -0.15) is 5.10 Å². The SMILES string of the molecule is O=C1O[C@@H](Cn2cccn2)CN1c1ccc(O)c(F)c1. The number of anilines is 1. The van der Waals surface area contributed by atoms with E-state index < -0.39 is 17.7 Å². The number of benzene rings is 1. The highest BCUT2D eigenvalue weighted by molar-refractivity contribution is 5.89. The molecule has 1 aliphatic rings. The third kappa shape index (κ3) is 2.29. The Kier molecular flexibility index (Phi) is 3.02.